The standard InChI is InChI=1S/C22H24FN3O3/c1-2-19-22(28)26(18-9-5-6-10-20(18)29-19)15-21(27)25-13-11-24(12-14-25)17-8-4-3-7-16(17)23/h3-10,19H,2,11-15H2,1H3/t19-/m0/s1. The monoisotopic (exact) mass is 397 g/mol. The number of rotatable bonds is 4. The summed E-state index contributed by atoms with van der Waals surface area (Å²) in [7, 11) is 0. The van der Waals surface area contributed by atoms with E-state index in [9.17, 15) is 14.0 Å². The lowest BCUT2D eigenvalue weighted by Gasteiger charge is -2.38. The second-order valence-electron chi connectivity index (χ2n) is 7.23. The number of anilines is 2. The Labute approximate surface area is 169 Å². The molecule has 4 rings (SSSR count). The van der Waals surface area contributed by atoms with Crippen LogP contribution < -0.4 is 14.5 Å². The molecular weight excluding hydrogens is 373 g/mol. The molecule has 1 saturated heterocycles. The number of fused-ring (bicyclic) bond motifs is 1. The highest BCUT2D eigenvalue weighted by Crippen LogP contribution is 2.34. The van der Waals surface area contributed by atoms with Crippen LogP contribution in [0.15, 0.2) is 48.5 Å². The van der Waals surface area contributed by atoms with E-state index in [1.807, 2.05) is 36.1 Å². The molecule has 0 N–H and O–H groups in total. The lowest BCUT2D eigenvalue weighted by molar-refractivity contribution is -0.133. The van der Waals surface area contributed by atoms with Crippen molar-refractivity contribution in [3.05, 3.63) is 54.3 Å². The van der Waals surface area contributed by atoms with E-state index in [1.54, 1.807) is 23.1 Å². The van der Waals surface area contributed by atoms with Crippen molar-refractivity contribution >= 4 is 23.2 Å². The van der Waals surface area contributed by atoms with Crippen LogP contribution in [0, 0.1) is 5.82 Å². The number of piperazine rings is 1. The number of benzene rings is 2. The molecule has 0 bridgehead atoms. The predicted molar refractivity (Wildman–Crippen MR) is 109 cm³/mol. The smallest absolute Gasteiger partial charge is 0.268 e. The van der Waals surface area contributed by atoms with Crippen molar-refractivity contribution in [1.29, 1.82) is 0 Å². The molecule has 29 heavy (non-hydrogen) atoms. The van der Waals surface area contributed by atoms with Crippen LogP contribution in [0.25, 0.3) is 0 Å². The summed E-state index contributed by atoms with van der Waals surface area (Å²) >= 11 is 0. The van der Waals surface area contributed by atoms with Gasteiger partial charge in [-0.1, -0.05) is 31.2 Å². The summed E-state index contributed by atoms with van der Waals surface area (Å²) in [6.45, 7) is 3.96. The summed E-state index contributed by atoms with van der Waals surface area (Å²) in [5, 5.41) is 0. The van der Waals surface area contributed by atoms with Crippen LogP contribution in [0.1, 0.15) is 13.3 Å². The van der Waals surface area contributed by atoms with E-state index < -0.39 is 6.10 Å². The Morgan fingerprint density at radius 1 is 1.03 bits per heavy atom. The zero-order chi connectivity index (χ0) is 20.4. The zero-order valence-electron chi connectivity index (χ0n) is 16.4. The maximum absolute atomic E-state index is 14.0. The fraction of sp³-hybridized carbons (Fsp3) is 0.364. The van der Waals surface area contributed by atoms with Crippen LogP contribution in [-0.4, -0.2) is 55.5 Å². The van der Waals surface area contributed by atoms with Gasteiger partial charge in [-0.3, -0.25) is 14.5 Å². The average molecular weight is 397 g/mol. The van der Waals surface area contributed by atoms with E-state index in [2.05, 4.69) is 0 Å². The van der Waals surface area contributed by atoms with Crippen LogP contribution in [0.5, 0.6) is 5.75 Å². The maximum Gasteiger partial charge on any atom is 0.268 e. The van der Waals surface area contributed by atoms with Crippen molar-refractivity contribution in [2.45, 2.75) is 19.4 Å². The molecule has 0 radical (unpaired) electrons. The SMILES string of the molecule is CC[C@@H]1Oc2ccccc2N(CC(=O)N2CCN(c3ccccc3F)CC2)C1=O. The first-order valence-corrected chi connectivity index (χ1v) is 9.92. The molecule has 0 unspecified atom stereocenters. The van der Waals surface area contributed by atoms with Crippen LogP contribution in [0.2, 0.25) is 0 Å². The molecule has 0 aliphatic carbocycles. The molecule has 7 heteroatoms. The Balaban J connectivity index is 1.43. The highest BCUT2D eigenvalue weighted by Gasteiger charge is 2.35. The van der Waals surface area contributed by atoms with Gasteiger partial charge in [-0.15, -0.1) is 0 Å². The van der Waals surface area contributed by atoms with Gasteiger partial charge in [0.05, 0.1) is 11.4 Å². The maximum atomic E-state index is 14.0. The predicted octanol–water partition coefficient (Wildman–Crippen LogP) is 2.68. The first kappa shape index (κ1) is 19.2. The van der Waals surface area contributed by atoms with Crippen LogP contribution in [0.4, 0.5) is 15.8 Å². The summed E-state index contributed by atoms with van der Waals surface area (Å²) in [6, 6.07) is 14.0. The van der Waals surface area contributed by atoms with Crippen molar-refractivity contribution in [3.63, 3.8) is 0 Å². The van der Waals surface area contributed by atoms with E-state index in [-0.39, 0.29) is 24.2 Å². The molecule has 2 aromatic rings. The highest BCUT2D eigenvalue weighted by molar-refractivity contribution is 6.03. The fourth-order valence-electron chi connectivity index (χ4n) is 3.84. The summed E-state index contributed by atoms with van der Waals surface area (Å²) in [4.78, 5) is 30.9. The van der Waals surface area contributed by atoms with Gasteiger partial charge in [0.25, 0.3) is 5.91 Å². The minimum Gasteiger partial charge on any atom is -0.478 e. The third-order valence-electron chi connectivity index (χ3n) is 5.46. The van der Waals surface area contributed by atoms with Gasteiger partial charge in [0.15, 0.2) is 6.10 Å². The number of amides is 2. The number of nitrogens with zero attached hydrogens (tertiary/aromatic N) is 3. The van der Waals surface area contributed by atoms with Gasteiger partial charge in [0, 0.05) is 26.2 Å². The Hall–Kier alpha value is -3.09. The van der Waals surface area contributed by atoms with Crippen molar-refractivity contribution in [2.24, 2.45) is 0 Å². The summed E-state index contributed by atoms with van der Waals surface area (Å²) in [5.41, 5.74) is 1.18. The number of hydrogen-bond donors (Lipinski definition) is 0. The topological polar surface area (TPSA) is 53.1 Å². The molecule has 2 aromatic carbocycles. The number of ether oxygens (including phenoxy) is 1. The van der Waals surface area contributed by atoms with Gasteiger partial charge >= 0.3 is 0 Å². The molecule has 0 aromatic heterocycles. The van der Waals surface area contributed by atoms with Crippen LogP contribution >= 0.6 is 0 Å². The second kappa shape index (κ2) is 8.11. The Kier molecular flexibility index (Phi) is 5.38. The Bertz CT molecular complexity index is 912. The average Bonchev–Trinajstić information content (AvgIpc) is 2.76. The van der Waals surface area contributed by atoms with Crippen molar-refractivity contribution in [1.82, 2.24) is 4.90 Å². The second-order valence-corrected chi connectivity index (χ2v) is 7.23. The molecule has 2 amide bonds. The molecule has 0 saturated carbocycles. The number of carbonyl (C=O) groups excluding carboxylic acids is 2. The first-order chi connectivity index (χ1) is 14.1. The van der Waals surface area contributed by atoms with Gasteiger partial charge in [0.2, 0.25) is 5.91 Å². The molecule has 2 aliphatic rings. The first-order valence-electron chi connectivity index (χ1n) is 9.92. The number of halogens is 1. The van der Waals surface area contributed by atoms with Gasteiger partial charge in [-0.2, -0.15) is 0 Å². The number of carbonyl (C=O) groups is 2. The summed E-state index contributed by atoms with van der Waals surface area (Å²) < 4.78 is 19.8. The fourth-order valence-corrected chi connectivity index (χ4v) is 3.84. The van der Waals surface area contributed by atoms with Gasteiger partial charge in [-0.25, -0.2) is 4.39 Å². The molecule has 6 nitrogen and oxygen atoms in total. The number of para-hydroxylation sites is 3. The van der Waals surface area contributed by atoms with Crippen LogP contribution in [-0.2, 0) is 9.59 Å². The molecular formula is C22H24FN3O3. The Morgan fingerprint density at radius 3 is 2.38 bits per heavy atom. The quantitative estimate of drug-likeness (QED) is 0.796. The summed E-state index contributed by atoms with van der Waals surface area (Å²) in [6.07, 6.45) is -0.0327. The van der Waals surface area contributed by atoms with Crippen molar-refractivity contribution < 1.29 is 18.7 Å². The van der Waals surface area contributed by atoms with Crippen molar-refractivity contribution in [3.8, 4) is 5.75 Å². The molecule has 2 aliphatic heterocycles. The van der Waals surface area contributed by atoms with Crippen molar-refractivity contribution in [2.75, 3.05) is 42.5 Å². The zero-order valence-corrected chi connectivity index (χ0v) is 16.4. The van der Waals surface area contributed by atoms with Gasteiger partial charge in [-0.05, 0) is 30.7 Å². The third-order valence-corrected chi connectivity index (χ3v) is 5.46. The van der Waals surface area contributed by atoms with Crippen LogP contribution in [0.3, 0.4) is 0 Å². The van der Waals surface area contributed by atoms with E-state index in [0.717, 1.165) is 0 Å². The molecule has 0 spiro atoms. The molecule has 2 heterocycles. The molecule has 1 fully saturated rings. The minimum absolute atomic E-state index is 0.0184. The molecule has 1 atom stereocenters. The largest absolute Gasteiger partial charge is 0.478 e. The van der Waals surface area contributed by atoms with E-state index in [0.29, 0.717) is 49.7 Å². The minimum atomic E-state index is -0.574. The van der Waals surface area contributed by atoms with E-state index >= 15 is 0 Å². The Morgan fingerprint density at radius 2 is 1.69 bits per heavy atom. The number of hydrogen-bond acceptors (Lipinski definition) is 4. The summed E-state index contributed by atoms with van der Waals surface area (Å²) in [5.74, 6) is 0.0622. The molecule has 152 valence electrons. The lowest BCUT2D eigenvalue weighted by atomic mass is 10.1. The van der Waals surface area contributed by atoms with Gasteiger partial charge < -0.3 is 14.5 Å². The van der Waals surface area contributed by atoms with Gasteiger partial charge in [0.1, 0.15) is 18.1 Å². The third kappa shape index (κ3) is 3.77. The lowest BCUT2D eigenvalue weighted by Crippen LogP contribution is -2.54. The van der Waals surface area contributed by atoms with E-state index in [1.165, 1.54) is 11.0 Å². The van der Waals surface area contributed by atoms with E-state index in [4.69, 9.17) is 4.74 Å². The normalized spacial score (nSPS) is 19.0. The highest BCUT2D eigenvalue weighted by atomic mass is 19.1.